The summed E-state index contributed by atoms with van der Waals surface area (Å²) in [5.74, 6) is 0.869. The SMILES string of the molecule is CCOC1CCCN(c2nccc(C)c2/C(N)=N/O)C1. The lowest BCUT2D eigenvalue weighted by molar-refractivity contribution is 0.0525. The standard InChI is InChI=1S/C14H22N4O2/c1-3-20-11-5-4-8-18(9-11)14-12(13(15)17-19)10(2)6-7-16-14/h6-7,11,19H,3-5,8-9H2,1-2H3,(H2,15,17). The number of nitrogens with zero attached hydrogens (tertiary/aromatic N) is 3. The van der Waals surface area contributed by atoms with Gasteiger partial charge in [-0.15, -0.1) is 0 Å². The molecule has 110 valence electrons. The molecule has 1 saturated heterocycles. The second-order valence-corrected chi connectivity index (χ2v) is 4.98. The molecule has 0 aliphatic carbocycles. The van der Waals surface area contributed by atoms with Crippen LogP contribution >= 0.6 is 0 Å². The normalized spacial score (nSPS) is 20.2. The van der Waals surface area contributed by atoms with Crippen molar-refractivity contribution in [1.29, 1.82) is 0 Å². The van der Waals surface area contributed by atoms with Gasteiger partial charge in [-0.25, -0.2) is 4.98 Å². The number of piperidine rings is 1. The molecule has 6 heteroatoms. The molecule has 1 atom stereocenters. The predicted molar refractivity (Wildman–Crippen MR) is 78.3 cm³/mol. The molecule has 1 aliphatic rings. The van der Waals surface area contributed by atoms with Crippen LogP contribution in [0.25, 0.3) is 0 Å². The van der Waals surface area contributed by atoms with Crippen molar-refractivity contribution >= 4 is 11.7 Å². The van der Waals surface area contributed by atoms with E-state index in [-0.39, 0.29) is 11.9 Å². The lowest BCUT2D eigenvalue weighted by Gasteiger charge is -2.34. The maximum atomic E-state index is 8.96. The summed E-state index contributed by atoms with van der Waals surface area (Å²) < 4.78 is 5.71. The van der Waals surface area contributed by atoms with E-state index in [1.807, 2.05) is 19.9 Å². The maximum Gasteiger partial charge on any atom is 0.174 e. The van der Waals surface area contributed by atoms with Crippen LogP contribution in [-0.4, -0.2) is 41.8 Å². The fourth-order valence-electron chi connectivity index (χ4n) is 2.65. The third-order valence-electron chi connectivity index (χ3n) is 3.58. The van der Waals surface area contributed by atoms with Crippen LogP contribution in [0.2, 0.25) is 0 Å². The largest absolute Gasteiger partial charge is 0.409 e. The van der Waals surface area contributed by atoms with Crippen LogP contribution in [0.1, 0.15) is 30.9 Å². The van der Waals surface area contributed by atoms with Gasteiger partial charge in [-0.1, -0.05) is 5.16 Å². The number of amidine groups is 1. The number of rotatable bonds is 4. The van der Waals surface area contributed by atoms with Crippen LogP contribution in [0.15, 0.2) is 17.4 Å². The average Bonchev–Trinajstić information content (AvgIpc) is 2.47. The number of aryl methyl sites for hydroxylation is 1. The topological polar surface area (TPSA) is 84.0 Å². The molecule has 0 radical (unpaired) electrons. The van der Waals surface area contributed by atoms with Crippen molar-refractivity contribution in [1.82, 2.24) is 4.98 Å². The zero-order valence-electron chi connectivity index (χ0n) is 12.0. The molecular formula is C14H22N4O2. The lowest BCUT2D eigenvalue weighted by atomic mass is 10.0. The Balaban J connectivity index is 2.30. The zero-order valence-corrected chi connectivity index (χ0v) is 12.0. The monoisotopic (exact) mass is 278 g/mol. The summed E-state index contributed by atoms with van der Waals surface area (Å²) in [5, 5.41) is 12.1. The van der Waals surface area contributed by atoms with E-state index in [0.29, 0.717) is 12.2 Å². The highest BCUT2D eigenvalue weighted by Crippen LogP contribution is 2.25. The predicted octanol–water partition coefficient (Wildman–Crippen LogP) is 1.49. The number of oxime groups is 1. The maximum absolute atomic E-state index is 8.96. The minimum absolute atomic E-state index is 0.101. The molecule has 20 heavy (non-hydrogen) atoms. The van der Waals surface area contributed by atoms with Gasteiger partial charge in [-0.05, 0) is 38.3 Å². The van der Waals surface area contributed by atoms with E-state index in [1.54, 1.807) is 6.20 Å². The smallest absolute Gasteiger partial charge is 0.174 e. The summed E-state index contributed by atoms with van der Waals surface area (Å²) in [6.07, 6.45) is 4.09. The van der Waals surface area contributed by atoms with Gasteiger partial charge in [-0.2, -0.15) is 0 Å². The van der Waals surface area contributed by atoms with Gasteiger partial charge in [0.15, 0.2) is 5.84 Å². The van der Waals surface area contributed by atoms with E-state index in [4.69, 9.17) is 15.7 Å². The Hall–Kier alpha value is -1.82. The highest BCUT2D eigenvalue weighted by Gasteiger charge is 2.24. The minimum Gasteiger partial charge on any atom is -0.409 e. The van der Waals surface area contributed by atoms with Crippen molar-refractivity contribution in [2.75, 3.05) is 24.6 Å². The molecule has 1 aromatic rings. The van der Waals surface area contributed by atoms with Gasteiger partial charge in [0.05, 0.1) is 11.7 Å². The van der Waals surface area contributed by atoms with Crippen LogP contribution in [-0.2, 0) is 4.74 Å². The van der Waals surface area contributed by atoms with E-state index in [2.05, 4.69) is 15.0 Å². The Bertz CT molecular complexity index is 488. The number of hydrogen-bond donors (Lipinski definition) is 2. The molecule has 2 rings (SSSR count). The van der Waals surface area contributed by atoms with E-state index >= 15 is 0 Å². The summed E-state index contributed by atoms with van der Waals surface area (Å²) in [6.45, 7) is 6.35. The van der Waals surface area contributed by atoms with Gasteiger partial charge >= 0.3 is 0 Å². The first kappa shape index (κ1) is 14.6. The van der Waals surface area contributed by atoms with Crippen LogP contribution in [0.5, 0.6) is 0 Å². The van der Waals surface area contributed by atoms with Gasteiger partial charge < -0.3 is 20.6 Å². The van der Waals surface area contributed by atoms with E-state index < -0.39 is 0 Å². The second kappa shape index (κ2) is 6.56. The van der Waals surface area contributed by atoms with Crippen molar-refractivity contribution in [3.8, 4) is 0 Å². The summed E-state index contributed by atoms with van der Waals surface area (Å²) in [6, 6.07) is 1.86. The molecule has 1 aromatic heterocycles. The van der Waals surface area contributed by atoms with E-state index in [1.165, 1.54) is 0 Å². The van der Waals surface area contributed by atoms with Crippen molar-refractivity contribution < 1.29 is 9.94 Å². The molecule has 1 aliphatic heterocycles. The molecule has 6 nitrogen and oxygen atoms in total. The molecule has 2 heterocycles. The number of aromatic nitrogens is 1. The van der Waals surface area contributed by atoms with Crippen molar-refractivity contribution in [3.63, 3.8) is 0 Å². The Morgan fingerprint density at radius 3 is 3.15 bits per heavy atom. The van der Waals surface area contributed by atoms with Crippen molar-refractivity contribution in [2.24, 2.45) is 10.9 Å². The summed E-state index contributed by atoms with van der Waals surface area (Å²) in [7, 11) is 0. The van der Waals surface area contributed by atoms with Crippen LogP contribution < -0.4 is 10.6 Å². The molecule has 0 aromatic carbocycles. The Morgan fingerprint density at radius 1 is 1.65 bits per heavy atom. The van der Waals surface area contributed by atoms with Gasteiger partial charge in [-0.3, -0.25) is 0 Å². The Morgan fingerprint density at radius 2 is 2.45 bits per heavy atom. The van der Waals surface area contributed by atoms with Gasteiger partial charge in [0.25, 0.3) is 0 Å². The van der Waals surface area contributed by atoms with Gasteiger partial charge in [0.2, 0.25) is 0 Å². The fraction of sp³-hybridized carbons (Fsp3) is 0.571. The lowest BCUT2D eigenvalue weighted by Crippen LogP contribution is -2.41. The first-order valence-electron chi connectivity index (χ1n) is 6.97. The molecule has 0 amide bonds. The molecule has 0 spiro atoms. The van der Waals surface area contributed by atoms with Crippen LogP contribution in [0.3, 0.4) is 0 Å². The molecule has 0 bridgehead atoms. The zero-order chi connectivity index (χ0) is 14.5. The number of nitrogens with two attached hydrogens (primary N) is 1. The molecule has 1 unspecified atom stereocenters. The van der Waals surface area contributed by atoms with E-state index in [9.17, 15) is 0 Å². The average molecular weight is 278 g/mol. The number of ether oxygens (including phenoxy) is 1. The van der Waals surface area contributed by atoms with Crippen LogP contribution in [0, 0.1) is 6.92 Å². The van der Waals surface area contributed by atoms with Crippen LogP contribution in [0.4, 0.5) is 5.82 Å². The molecule has 3 N–H and O–H groups in total. The summed E-state index contributed by atoms with van der Waals surface area (Å²) in [4.78, 5) is 6.58. The van der Waals surface area contributed by atoms with Crippen molar-refractivity contribution in [3.05, 3.63) is 23.4 Å². The molecule has 0 saturated carbocycles. The molecule has 1 fully saturated rings. The van der Waals surface area contributed by atoms with E-state index in [0.717, 1.165) is 37.3 Å². The Kier molecular flexibility index (Phi) is 4.79. The first-order chi connectivity index (χ1) is 9.67. The molecular weight excluding hydrogens is 256 g/mol. The highest BCUT2D eigenvalue weighted by atomic mass is 16.5. The third-order valence-corrected chi connectivity index (χ3v) is 3.58. The van der Waals surface area contributed by atoms with Gasteiger partial charge in [0, 0.05) is 25.9 Å². The fourth-order valence-corrected chi connectivity index (χ4v) is 2.65. The first-order valence-corrected chi connectivity index (χ1v) is 6.97. The van der Waals surface area contributed by atoms with Gasteiger partial charge in [0.1, 0.15) is 5.82 Å². The van der Waals surface area contributed by atoms with Crippen molar-refractivity contribution in [2.45, 2.75) is 32.8 Å². The third kappa shape index (κ3) is 3.01. The number of pyridine rings is 1. The number of hydrogen-bond acceptors (Lipinski definition) is 5. The summed E-state index contributed by atoms with van der Waals surface area (Å²) >= 11 is 0. The minimum atomic E-state index is 0.101. The quantitative estimate of drug-likeness (QED) is 0.377. The number of anilines is 1. The summed E-state index contributed by atoms with van der Waals surface area (Å²) in [5.41, 5.74) is 7.45. The Labute approximate surface area is 119 Å². The second-order valence-electron chi connectivity index (χ2n) is 4.98. The highest BCUT2D eigenvalue weighted by molar-refractivity contribution is 6.02.